The predicted molar refractivity (Wildman–Crippen MR) is 87.5 cm³/mol. The molecule has 7 heteroatoms. The van der Waals surface area contributed by atoms with Crippen molar-refractivity contribution in [1.82, 2.24) is 4.98 Å². The van der Waals surface area contributed by atoms with Crippen LogP contribution in [-0.4, -0.2) is 30.4 Å². The Hall–Kier alpha value is -2.41. The lowest BCUT2D eigenvalue weighted by molar-refractivity contribution is -0.135. The number of anilines is 1. The van der Waals surface area contributed by atoms with Gasteiger partial charge < -0.3 is 9.47 Å². The van der Waals surface area contributed by atoms with Crippen LogP contribution in [0.3, 0.4) is 0 Å². The summed E-state index contributed by atoms with van der Waals surface area (Å²) in [4.78, 5) is 15.9. The molecule has 0 fully saturated rings. The molecule has 6 nitrogen and oxygen atoms in total. The topological polar surface area (TPSA) is 72.8 Å². The predicted octanol–water partition coefficient (Wildman–Crippen LogP) is 3.17. The molecule has 0 saturated heterocycles. The van der Waals surface area contributed by atoms with Gasteiger partial charge in [0.05, 0.1) is 19.4 Å². The highest BCUT2D eigenvalue weighted by molar-refractivity contribution is 7.14. The van der Waals surface area contributed by atoms with Gasteiger partial charge in [0.2, 0.25) is 5.13 Å². The molecule has 0 radical (unpaired) electrons. The number of methoxy groups -OCH3 is 1. The lowest BCUT2D eigenvalue weighted by Gasteiger charge is -2.01. The third-order valence-corrected chi connectivity index (χ3v) is 3.53. The Balaban J connectivity index is 2.04. The Morgan fingerprint density at radius 2 is 2.09 bits per heavy atom. The zero-order valence-corrected chi connectivity index (χ0v) is 13.4. The van der Waals surface area contributed by atoms with Gasteiger partial charge in [-0.1, -0.05) is 0 Å². The summed E-state index contributed by atoms with van der Waals surface area (Å²) in [6.07, 6.45) is 0. The molecule has 2 rings (SSSR count). The van der Waals surface area contributed by atoms with E-state index < -0.39 is 5.97 Å². The Kier molecular flexibility index (Phi) is 5.48. The number of carbonyl (C=O) groups is 1. The van der Waals surface area contributed by atoms with Crippen molar-refractivity contribution in [2.24, 2.45) is 5.10 Å². The van der Waals surface area contributed by atoms with Crippen molar-refractivity contribution < 1.29 is 14.3 Å². The van der Waals surface area contributed by atoms with Gasteiger partial charge in [0.15, 0.2) is 0 Å². The number of esters is 1. The van der Waals surface area contributed by atoms with Crippen molar-refractivity contribution in [3.05, 3.63) is 29.6 Å². The van der Waals surface area contributed by atoms with Crippen LogP contribution in [0.4, 0.5) is 5.13 Å². The number of hydrazone groups is 1. The number of hydrogen-bond acceptors (Lipinski definition) is 7. The lowest BCUT2D eigenvalue weighted by atomic mass is 10.2. The minimum atomic E-state index is -0.443. The van der Waals surface area contributed by atoms with Crippen LogP contribution >= 0.6 is 11.3 Å². The average molecular weight is 319 g/mol. The molecular formula is C15H17N3O3S. The lowest BCUT2D eigenvalue weighted by Crippen LogP contribution is -2.15. The molecule has 22 heavy (non-hydrogen) atoms. The first-order valence-electron chi connectivity index (χ1n) is 6.71. The van der Waals surface area contributed by atoms with Crippen LogP contribution in [0.2, 0.25) is 0 Å². The Morgan fingerprint density at radius 3 is 2.73 bits per heavy atom. The minimum absolute atomic E-state index is 0.253. The van der Waals surface area contributed by atoms with Gasteiger partial charge in [0.1, 0.15) is 11.5 Å². The van der Waals surface area contributed by atoms with Crippen LogP contribution in [-0.2, 0) is 9.53 Å². The van der Waals surface area contributed by atoms with E-state index in [2.05, 4.69) is 15.5 Å². The molecule has 0 saturated carbocycles. The fourth-order valence-electron chi connectivity index (χ4n) is 1.63. The maximum atomic E-state index is 11.4. The molecule has 0 atom stereocenters. The number of benzene rings is 1. The number of nitrogens with zero attached hydrogens (tertiary/aromatic N) is 2. The average Bonchev–Trinajstić information content (AvgIpc) is 3.02. The van der Waals surface area contributed by atoms with Crippen LogP contribution in [0.1, 0.15) is 13.8 Å². The second-order valence-corrected chi connectivity index (χ2v) is 5.15. The minimum Gasteiger partial charge on any atom is -0.497 e. The third-order valence-electron chi connectivity index (χ3n) is 2.78. The van der Waals surface area contributed by atoms with E-state index in [4.69, 9.17) is 9.47 Å². The summed E-state index contributed by atoms with van der Waals surface area (Å²) in [5.74, 6) is 0.355. The Bertz CT molecular complexity index is 665. The molecule has 0 aliphatic rings. The van der Waals surface area contributed by atoms with Gasteiger partial charge in [-0.2, -0.15) is 5.10 Å². The first kappa shape index (κ1) is 16.0. The molecule has 0 aliphatic carbocycles. The van der Waals surface area contributed by atoms with Gasteiger partial charge >= 0.3 is 5.97 Å². The van der Waals surface area contributed by atoms with Gasteiger partial charge in [-0.25, -0.2) is 9.78 Å². The zero-order chi connectivity index (χ0) is 15.9. The zero-order valence-electron chi connectivity index (χ0n) is 12.6. The largest absolute Gasteiger partial charge is 0.497 e. The second-order valence-electron chi connectivity index (χ2n) is 4.30. The van der Waals surface area contributed by atoms with Gasteiger partial charge in [-0.05, 0) is 38.1 Å². The quantitative estimate of drug-likeness (QED) is 0.503. The summed E-state index contributed by atoms with van der Waals surface area (Å²) < 4.78 is 9.98. The molecule has 1 aromatic carbocycles. The molecule has 1 aromatic heterocycles. The fourth-order valence-corrected chi connectivity index (χ4v) is 2.29. The van der Waals surface area contributed by atoms with Crippen molar-refractivity contribution in [3.8, 4) is 17.0 Å². The van der Waals surface area contributed by atoms with Crippen molar-refractivity contribution in [2.45, 2.75) is 13.8 Å². The van der Waals surface area contributed by atoms with E-state index >= 15 is 0 Å². The summed E-state index contributed by atoms with van der Waals surface area (Å²) >= 11 is 1.41. The molecule has 0 aliphatic heterocycles. The number of hydrogen-bond donors (Lipinski definition) is 1. The van der Waals surface area contributed by atoms with Crippen molar-refractivity contribution in [2.75, 3.05) is 19.1 Å². The highest BCUT2D eigenvalue weighted by Crippen LogP contribution is 2.26. The molecule has 1 heterocycles. The molecule has 0 unspecified atom stereocenters. The number of carbonyl (C=O) groups excluding carboxylic acids is 1. The molecule has 0 amide bonds. The summed E-state index contributed by atoms with van der Waals surface area (Å²) in [5, 5.41) is 6.49. The molecular weight excluding hydrogens is 302 g/mol. The van der Waals surface area contributed by atoms with Crippen LogP contribution in [0.5, 0.6) is 5.75 Å². The molecule has 2 aromatic rings. The van der Waals surface area contributed by atoms with Crippen LogP contribution in [0.15, 0.2) is 34.7 Å². The van der Waals surface area contributed by atoms with Gasteiger partial charge in [0.25, 0.3) is 0 Å². The monoisotopic (exact) mass is 319 g/mol. The molecule has 0 spiro atoms. The Morgan fingerprint density at radius 1 is 1.36 bits per heavy atom. The number of thiazole rings is 1. The van der Waals surface area contributed by atoms with Crippen LogP contribution in [0.25, 0.3) is 11.3 Å². The first-order chi connectivity index (χ1) is 10.6. The van der Waals surface area contributed by atoms with Crippen LogP contribution < -0.4 is 10.2 Å². The van der Waals surface area contributed by atoms with Crippen LogP contribution in [0, 0.1) is 0 Å². The van der Waals surface area contributed by atoms with E-state index in [9.17, 15) is 4.79 Å². The highest BCUT2D eigenvalue weighted by atomic mass is 32.1. The molecule has 1 N–H and O–H groups in total. The second kappa shape index (κ2) is 7.56. The third kappa shape index (κ3) is 4.05. The summed E-state index contributed by atoms with van der Waals surface area (Å²) in [6.45, 7) is 3.66. The number of aromatic nitrogens is 1. The van der Waals surface area contributed by atoms with Gasteiger partial charge in [-0.15, -0.1) is 11.3 Å². The summed E-state index contributed by atoms with van der Waals surface area (Å²) in [5.41, 5.74) is 4.83. The van der Waals surface area contributed by atoms with E-state index in [1.807, 2.05) is 29.6 Å². The van der Waals surface area contributed by atoms with Crippen molar-refractivity contribution in [3.63, 3.8) is 0 Å². The fraction of sp³-hybridized carbons (Fsp3) is 0.267. The molecule has 0 bridgehead atoms. The summed E-state index contributed by atoms with van der Waals surface area (Å²) in [6, 6.07) is 7.63. The number of rotatable bonds is 6. The number of ether oxygens (including phenoxy) is 2. The maximum Gasteiger partial charge on any atom is 0.354 e. The number of nitrogens with one attached hydrogen (secondary N) is 1. The Labute approximate surface area is 132 Å². The SMILES string of the molecule is CCOC(=O)/C(C)=N/Nc1nc(-c2ccc(OC)cc2)cs1. The van der Waals surface area contributed by atoms with Crippen molar-refractivity contribution in [1.29, 1.82) is 0 Å². The highest BCUT2D eigenvalue weighted by Gasteiger charge is 2.08. The van der Waals surface area contributed by atoms with Gasteiger partial charge in [-0.3, -0.25) is 5.43 Å². The van der Waals surface area contributed by atoms with E-state index in [1.54, 1.807) is 21.0 Å². The maximum absolute atomic E-state index is 11.4. The van der Waals surface area contributed by atoms with E-state index in [0.29, 0.717) is 11.7 Å². The van der Waals surface area contributed by atoms with E-state index in [1.165, 1.54) is 11.3 Å². The standard InChI is InChI=1S/C15H17N3O3S/c1-4-21-14(19)10(2)17-18-15-16-13(9-22-15)11-5-7-12(20-3)8-6-11/h5-9H,4H2,1-3H3,(H,16,18)/b17-10+. The summed E-state index contributed by atoms with van der Waals surface area (Å²) in [7, 11) is 1.63. The van der Waals surface area contributed by atoms with Gasteiger partial charge in [0, 0.05) is 10.9 Å². The van der Waals surface area contributed by atoms with E-state index in [-0.39, 0.29) is 5.71 Å². The van der Waals surface area contributed by atoms with E-state index in [0.717, 1.165) is 17.0 Å². The molecule has 116 valence electrons. The van der Waals surface area contributed by atoms with Crippen molar-refractivity contribution >= 4 is 28.1 Å². The smallest absolute Gasteiger partial charge is 0.354 e. The normalized spacial score (nSPS) is 11.1. The first-order valence-corrected chi connectivity index (χ1v) is 7.59.